The number of hydrogen-bond acceptors (Lipinski definition) is 2. The summed E-state index contributed by atoms with van der Waals surface area (Å²) in [6.45, 7) is 0. The Labute approximate surface area is 77.5 Å². The zero-order valence-corrected chi connectivity index (χ0v) is 7.07. The summed E-state index contributed by atoms with van der Waals surface area (Å²) in [7, 11) is 0. The van der Waals surface area contributed by atoms with E-state index < -0.39 is 11.1 Å². The van der Waals surface area contributed by atoms with Gasteiger partial charge in [-0.05, 0) is 6.08 Å². The predicted octanol–water partition coefficient (Wildman–Crippen LogP) is -0.501. The van der Waals surface area contributed by atoms with Gasteiger partial charge in [-0.25, -0.2) is 0 Å². The second-order valence-corrected chi connectivity index (χ2v) is 2.85. The minimum Gasteiger partial charge on any atom is -0.361 e. The molecular formula is C8H6N4O2. The fraction of sp³-hybridized carbons (Fsp3) is 0.125. The highest BCUT2D eigenvalue weighted by Crippen LogP contribution is 2.10. The fourth-order valence-electron chi connectivity index (χ4n) is 1.31. The van der Waals surface area contributed by atoms with Gasteiger partial charge in [0.1, 0.15) is 0 Å². The molecule has 6 nitrogen and oxygen atoms in total. The standard InChI is InChI=1S/C8H6N4O2/c9-12-5-3-1-2-4-6(5)11-8(14)7(13)10-4/h1-2H,3H2,(H,10,13)(H,11,14). The molecule has 70 valence electrons. The molecule has 0 bridgehead atoms. The van der Waals surface area contributed by atoms with Gasteiger partial charge in [-0.3, -0.25) is 9.59 Å². The Kier molecular flexibility index (Phi) is 1.76. The number of H-pyrrole nitrogens is 2. The maximum Gasteiger partial charge on any atom is 0.321 e. The van der Waals surface area contributed by atoms with Crippen molar-refractivity contribution in [3.05, 3.63) is 43.7 Å². The largest absolute Gasteiger partial charge is 0.361 e. The number of aromatic nitrogens is 2. The lowest BCUT2D eigenvalue weighted by Gasteiger charge is -2.03. The van der Waals surface area contributed by atoms with Gasteiger partial charge in [0.15, 0.2) is 5.69 Å². The minimum absolute atomic E-state index is 0.329. The number of nitrogens with one attached hydrogen (secondary N) is 2. The first-order chi connectivity index (χ1) is 6.72. The van der Waals surface area contributed by atoms with Gasteiger partial charge < -0.3 is 15.5 Å². The number of allylic oxidation sites excluding steroid dienone is 1. The van der Waals surface area contributed by atoms with Gasteiger partial charge in [-0.15, -0.1) is 0 Å². The van der Waals surface area contributed by atoms with Gasteiger partial charge in [0, 0.05) is 0 Å². The Morgan fingerprint density at radius 1 is 1.29 bits per heavy atom. The van der Waals surface area contributed by atoms with Gasteiger partial charge in [-0.1, -0.05) is 6.08 Å². The first-order valence-electron chi connectivity index (χ1n) is 3.97. The molecule has 1 aliphatic rings. The van der Waals surface area contributed by atoms with Gasteiger partial charge in [0.2, 0.25) is 0 Å². The number of rotatable bonds is 0. The average molecular weight is 190 g/mol. The Morgan fingerprint density at radius 3 is 2.71 bits per heavy atom. The van der Waals surface area contributed by atoms with Crippen molar-refractivity contribution in [1.82, 2.24) is 9.97 Å². The summed E-state index contributed by atoms with van der Waals surface area (Å²) in [4.78, 5) is 29.7. The fourth-order valence-corrected chi connectivity index (χ4v) is 1.31. The summed E-state index contributed by atoms with van der Waals surface area (Å²) in [6, 6.07) is 0. The molecule has 0 aromatic carbocycles. The van der Waals surface area contributed by atoms with Crippen molar-refractivity contribution < 1.29 is 4.79 Å². The second kappa shape index (κ2) is 2.93. The molecule has 1 heterocycles. The summed E-state index contributed by atoms with van der Waals surface area (Å²) in [5, 5.41) is 0. The zero-order valence-electron chi connectivity index (χ0n) is 7.07. The van der Waals surface area contributed by atoms with Crippen LogP contribution in [0.3, 0.4) is 0 Å². The highest BCUT2D eigenvalue weighted by molar-refractivity contribution is 6.00. The van der Waals surface area contributed by atoms with Crippen molar-refractivity contribution in [3.63, 3.8) is 0 Å². The molecule has 1 aromatic heterocycles. The maximum atomic E-state index is 11.0. The molecule has 0 radical (unpaired) electrons. The van der Waals surface area contributed by atoms with Crippen LogP contribution in [0.4, 0.5) is 0 Å². The SMILES string of the molecule is [N-]=[N+]=C1CC=Cc2[nH]c(=O)c(=O)[nH]c21. The van der Waals surface area contributed by atoms with Crippen LogP contribution in [0.1, 0.15) is 17.8 Å². The molecule has 0 saturated heterocycles. The highest BCUT2D eigenvalue weighted by Gasteiger charge is 2.20. The van der Waals surface area contributed by atoms with Crippen molar-refractivity contribution >= 4 is 11.8 Å². The zero-order chi connectivity index (χ0) is 10.1. The molecule has 0 saturated carbocycles. The number of fused-ring (bicyclic) bond motifs is 1. The first kappa shape index (κ1) is 8.40. The molecule has 1 aliphatic carbocycles. The Hall–Kier alpha value is -2.20. The molecule has 6 heteroatoms. The van der Waals surface area contributed by atoms with E-state index in [1.165, 1.54) is 0 Å². The third-order valence-corrected chi connectivity index (χ3v) is 1.97. The quantitative estimate of drug-likeness (QED) is 0.327. The summed E-state index contributed by atoms with van der Waals surface area (Å²) in [6.07, 6.45) is 3.80. The van der Waals surface area contributed by atoms with E-state index in [9.17, 15) is 9.59 Å². The van der Waals surface area contributed by atoms with Crippen molar-refractivity contribution in [2.45, 2.75) is 6.42 Å². The number of hydrogen-bond donors (Lipinski definition) is 2. The molecule has 0 fully saturated rings. The molecule has 0 spiro atoms. The third-order valence-electron chi connectivity index (χ3n) is 1.97. The average Bonchev–Trinajstić information content (AvgIpc) is 2.19. The second-order valence-electron chi connectivity index (χ2n) is 2.85. The van der Waals surface area contributed by atoms with Crippen LogP contribution in [0.2, 0.25) is 0 Å². The van der Waals surface area contributed by atoms with E-state index in [1.807, 2.05) is 0 Å². The van der Waals surface area contributed by atoms with E-state index in [0.717, 1.165) is 0 Å². The van der Waals surface area contributed by atoms with Crippen molar-refractivity contribution in [1.29, 1.82) is 0 Å². The molecule has 14 heavy (non-hydrogen) atoms. The van der Waals surface area contributed by atoms with Gasteiger partial charge in [-0.2, -0.15) is 4.79 Å². The Morgan fingerprint density at radius 2 is 2.00 bits per heavy atom. The van der Waals surface area contributed by atoms with Crippen molar-refractivity contribution in [2.75, 3.05) is 0 Å². The molecule has 2 N–H and O–H groups in total. The molecule has 0 unspecified atom stereocenters. The highest BCUT2D eigenvalue weighted by atomic mass is 16.2. The van der Waals surface area contributed by atoms with Crippen molar-refractivity contribution in [2.24, 2.45) is 0 Å². The van der Waals surface area contributed by atoms with E-state index in [-0.39, 0.29) is 0 Å². The smallest absolute Gasteiger partial charge is 0.321 e. The van der Waals surface area contributed by atoms with Crippen LogP contribution in [-0.2, 0) is 0 Å². The van der Waals surface area contributed by atoms with Gasteiger partial charge in [0.05, 0.1) is 12.1 Å². The summed E-state index contributed by atoms with van der Waals surface area (Å²) in [5.41, 5.74) is 8.32. The van der Waals surface area contributed by atoms with E-state index in [2.05, 4.69) is 14.8 Å². The number of nitrogens with zero attached hydrogens (tertiary/aromatic N) is 2. The molecule has 0 aliphatic heterocycles. The van der Waals surface area contributed by atoms with E-state index in [0.29, 0.717) is 23.5 Å². The van der Waals surface area contributed by atoms with Crippen molar-refractivity contribution in [3.8, 4) is 0 Å². The van der Waals surface area contributed by atoms with Crippen LogP contribution in [0.5, 0.6) is 0 Å². The minimum atomic E-state index is -0.750. The lowest BCUT2D eigenvalue weighted by Crippen LogP contribution is -2.33. The van der Waals surface area contributed by atoms with Gasteiger partial charge in [0.25, 0.3) is 0 Å². The molecule has 2 rings (SSSR count). The van der Waals surface area contributed by atoms with Crippen LogP contribution in [0.15, 0.2) is 15.7 Å². The summed E-state index contributed by atoms with van der Waals surface area (Å²) < 4.78 is 0. The number of aromatic amines is 2. The predicted molar refractivity (Wildman–Crippen MR) is 49.1 cm³/mol. The monoisotopic (exact) mass is 190 g/mol. The molecule has 0 amide bonds. The van der Waals surface area contributed by atoms with E-state index in [4.69, 9.17) is 5.53 Å². The van der Waals surface area contributed by atoms with Crippen LogP contribution in [0.25, 0.3) is 11.6 Å². The maximum absolute atomic E-state index is 11.0. The first-order valence-corrected chi connectivity index (χ1v) is 3.97. The van der Waals surface area contributed by atoms with Crippen LogP contribution < -0.4 is 11.1 Å². The summed E-state index contributed by atoms with van der Waals surface area (Å²) >= 11 is 0. The van der Waals surface area contributed by atoms with E-state index in [1.54, 1.807) is 12.2 Å². The third kappa shape index (κ3) is 1.14. The Bertz CT molecular complexity index is 572. The lowest BCUT2D eigenvalue weighted by molar-refractivity contribution is -0.00648. The lowest BCUT2D eigenvalue weighted by atomic mass is 10.1. The molecule has 1 aromatic rings. The van der Waals surface area contributed by atoms with Crippen LogP contribution >= 0.6 is 0 Å². The summed E-state index contributed by atoms with van der Waals surface area (Å²) in [5.74, 6) is 0. The topological polar surface area (TPSA) is 102 Å². The Balaban J connectivity index is 2.85. The van der Waals surface area contributed by atoms with E-state index >= 15 is 0 Å². The normalized spacial score (nSPS) is 13.6. The molecular weight excluding hydrogens is 184 g/mol. The molecule has 0 atom stereocenters. The van der Waals surface area contributed by atoms with Crippen LogP contribution in [0, 0.1) is 0 Å². The van der Waals surface area contributed by atoms with Crippen LogP contribution in [-0.4, -0.2) is 20.5 Å². The van der Waals surface area contributed by atoms with Gasteiger partial charge >= 0.3 is 16.8 Å².